The number of anilines is 1. The van der Waals surface area contributed by atoms with Gasteiger partial charge >= 0.3 is 0 Å². The zero-order valence-electron chi connectivity index (χ0n) is 5.37. The van der Waals surface area contributed by atoms with Gasteiger partial charge in [-0.3, -0.25) is 0 Å². The maximum Gasteiger partial charge on any atom is 0.0936 e. The van der Waals surface area contributed by atoms with E-state index in [0.717, 1.165) is 5.00 Å². The molecule has 2 rings (SSSR count). The molecule has 0 saturated heterocycles. The number of nitrogen functional groups attached to an aromatic ring is 1. The number of hydrogen-bond donors (Lipinski definition) is 1. The third kappa shape index (κ3) is 0.693. The Bertz CT molecular complexity index is 351. The van der Waals surface area contributed by atoms with E-state index in [-0.39, 0.29) is 0 Å². The molecule has 0 aliphatic carbocycles. The summed E-state index contributed by atoms with van der Waals surface area (Å²) in [5, 5.41) is 5.40. The second-order valence-corrected chi connectivity index (χ2v) is 3.10. The topological polar surface area (TPSA) is 26.0 Å². The molecular weight excluding hydrogens is 142 g/mol. The van der Waals surface area contributed by atoms with E-state index >= 15 is 0 Å². The second-order valence-electron chi connectivity index (χ2n) is 2.19. The predicted octanol–water partition coefficient (Wildman–Crippen LogP) is 2.48. The lowest BCUT2D eigenvalue weighted by Crippen LogP contribution is -1.76. The van der Waals surface area contributed by atoms with Crippen LogP contribution in [0.5, 0.6) is 0 Å². The van der Waals surface area contributed by atoms with Crippen LogP contribution in [0.1, 0.15) is 0 Å². The molecule has 0 atom stereocenters. The first kappa shape index (κ1) is 5.74. The van der Waals surface area contributed by atoms with Crippen molar-refractivity contribution in [2.45, 2.75) is 0 Å². The minimum atomic E-state index is 0.913. The SMILES string of the molecule is Nc1scc2ccccc12. The molecule has 0 spiro atoms. The van der Waals surface area contributed by atoms with Crippen molar-refractivity contribution in [3.05, 3.63) is 29.6 Å². The van der Waals surface area contributed by atoms with Crippen molar-refractivity contribution < 1.29 is 0 Å². The molecule has 50 valence electrons. The Morgan fingerprint density at radius 1 is 1.20 bits per heavy atom. The van der Waals surface area contributed by atoms with Crippen LogP contribution in [0.25, 0.3) is 10.8 Å². The quantitative estimate of drug-likeness (QED) is 0.611. The summed E-state index contributed by atoms with van der Waals surface area (Å²) >= 11 is 1.60. The van der Waals surface area contributed by atoms with Crippen LogP contribution in [0.4, 0.5) is 5.00 Å². The Labute approximate surface area is 63.1 Å². The second kappa shape index (κ2) is 1.99. The van der Waals surface area contributed by atoms with Crippen molar-refractivity contribution in [2.75, 3.05) is 5.73 Å². The average Bonchev–Trinajstić information content (AvgIpc) is 2.34. The maximum absolute atomic E-state index is 5.69. The van der Waals surface area contributed by atoms with Crippen LogP contribution in [-0.2, 0) is 0 Å². The lowest BCUT2D eigenvalue weighted by atomic mass is 10.2. The average molecular weight is 149 g/mol. The molecule has 0 fully saturated rings. The van der Waals surface area contributed by atoms with Gasteiger partial charge in [-0.05, 0) is 5.39 Å². The minimum absolute atomic E-state index is 0.913. The highest BCUT2D eigenvalue weighted by molar-refractivity contribution is 7.15. The van der Waals surface area contributed by atoms with Crippen molar-refractivity contribution >= 4 is 27.1 Å². The standard InChI is InChI=1S/C8H7NS/c9-8-7-4-2-1-3-6(7)5-10-8/h1-5H,9H2. The molecule has 0 aliphatic rings. The summed E-state index contributed by atoms with van der Waals surface area (Å²) in [4.78, 5) is 0. The van der Waals surface area contributed by atoms with Gasteiger partial charge in [0.2, 0.25) is 0 Å². The largest absolute Gasteiger partial charge is 0.390 e. The zero-order chi connectivity index (χ0) is 6.97. The molecule has 0 amide bonds. The summed E-state index contributed by atoms with van der Waals surface area (Å²) in [6.07, 6.45) is 0. The highest BCUT2D eigenvalue weighted by atomic mass is 32.1. The molecule has 0 aliphatic heterocycles. The van der Waals surface area contributed by atoms with Gasteiger partial charge in [0.15, 0.2) is 0 Å². The highest BCUT2D eigenvalue weighted by Crippen LogP contribution is 2.26. The lowest BCUT2D eigenvalue weighted by molar-refractivity contribution is 1.84. The molecule has 0 unspecified atom stereocenters. The number of rotatable bonds is 0. The van der Waals surface area contributed by atoms with Gasteiger partial charge in [0.05, 0.1) is 5.00 Å². The van der Waals surface area contributed by atoms with Crippen molar-refractivity contribution in [2.24, 2.45) is 0 Å². The van der Waals surface area contributed by atoms with Gasteiger partial charge in [0, 0.05) is 10.8 Å². The van der Waals surface area contributed by atoms with E-state index in [1.54, 1.807) is 11.3 Å². The molecule has 2 N–H and O–H groups in total. The summed E-state index contributed by atoms with van der Waals surface area (Å²) in [5.41, 5.74) is 5.69. The maximum atomic E-state index is 5.69. The summed E-state index contributed by atoms with van der Waals surface area (Å²) in [7, 11) is 0. The lowest BCUT2D eigenvalue weighted by Gasteiger charge is -1.87. The monoisotopic (exact) mass is 149 g/mol. The number of benzene rings is 1. The Kier molecular flexibility index (Phi) is 1.14. The first-order chi connectivity index (χ1) is 4.88. The molecule has 1 nitrogen and oxygen atoms in total. The highest BCUT2D eigenvalue weighted by Gasteiger charge is 1.96. The van der Waals surface area contributed by atoms with Gasteiger partial charge < -0.3 is 5.73 Å². The van der Waals surface area contributed by atoms with Crippen LogP contribution in [0.15, 0.2) is 29.6 Å². The molecule has 1 aromatic carbocycles. The fourth-order valence-corrected chi connectivity index (χ4v) is 1.79. The Morgan fingerprint density at radius 2 is 2.00 bits per heavy atom. The van der Waals surface area contributed by atoms with Crippen molar-refractivity contribution in [1.29, 1.82) is 0 Å². The van der Waals surface area contributed by atoms with Gasteiger partial charge in [0.25, 0.3) is 0 Å². The molecule has 1 heterocycles. The van der Waals surface area contributed by atoms with E-state index < -0.39 is 0 Å². The Hall–Kier alpha value is -1.02. The van der Waals surface area contributed by atoms with Crippen molar-refractivity contribution in [3.63, 3.8) is 0 Å². The van der Waals surface area contributed by atoms with Crippen LogP contribution in [0.3, 0.4) is 0 Å². The van der Waals surface area contributed by atoms with Crippen LogP contribution < -0.4 is 5.73 Å². The number of hydrogen-bond acceptors (Lipinski definition) is 2. The van der Waals surface area contributed by atoms with E-state index in [4.69, 9.17) is 5.73 Å². The van der Waals surface area contributed by atoms with Crippen LogP contribution >= 0.6 is 11.3 Å². The van der Waals surface area contributed by atoms with Crippen molar-refractivity contribution in [1.82, 2.24) is 0 Å². The van der Waals surface area contributed by atoms with E-state index in [9.17, 15) is 0 Å². The molecule has 0 radical (unpaired) electrons. The molecule has 2 heteroatoms. The van der Waals surface area contributed by atoms with Crippen molar-refractivity contribution in [3.8, 4) is 0 Å². The summed E-state index contributed by atoms with van der Waals surface area (Å²) < 4.78 is 0. The number of fused-ring (bicyclic) bond motifs is 1. The third-order valence-electron chi connectivity index (χ3n) is 1.54. The van der Waals surface area contributed by atoms with Gasteiger partial charge in [-0.1, -0.05) is 24.3 Å². The Balaban J connectivity index is 2.93. The zero-order valence-corrected chi connectivity index (χ0v) is 6.19. The number of nitrogens with two attached hydrogens (primary N) is 1. The van der Waals surface area contributed by atoms with E-state index in [1.807, 2.05) is 18.2 Å². The van der Waals surface area contributed by atoms with Crippen LogP contribution in [0.2, 0.25) is 0 Å². The summed E-state index contributed by atoms with van der Waals surface area (Å²) in [6, 6.07) is 8.14. The van der Waals surface area contributed by atoms with Gasteiger partial charge in [-0.15, -0.1) is 11.3 Å². The molecule has 1 aromatic heterocycles. The first-order valence-corrected chi connectivity index (χ1v) is 3.97. The minimum Gasteiger partial charge on any atom is -0.390 e. The van der Waals surface area contributed by atoms with Gasteiger partial charge in [-0.25, -0.2) is 0 Å². The molecule has 0 bridgehead atoms. The van der Waals surface area contributed by atoms with Crippen LogP contribution in [-0.4, -0.2) is 0 Å². The molecular formula is C8H7NS. The smallest absolute Gasteiger partial charge is 0.0936 e. The summed E-state index contributed by atoms with van der Waals surface area (Å²) in [6.45, 7) is 0. The van der Waals surface area contributed by atoms with Crippen LogP contribution in [0, 0.1) is 0 Å². The molecule has 0 saturated carbocycles. The normalized spacial score (nSPS) is 10.4. The Morgan fingerprint density at radius 3 is 2.80 bits per heavy atom. The van der Waals surface area contributed by atoms with Gasteiger partial charge in [-0.2, -0.15) is 0 Å². The van der Waals surface area contributed by atoms with E-state index in [2.05, 4.69) is 11.4 Å². The van der Waals surface area contributed by atoms with E-state index in [0.29, 0.717) is 0 Å². The fraction of sp³-hybridized carbons (Fsp3) is 0. The van der Waals surface area contributed by atoms with E-state index in [1.165, 1.54) is 10.8 Å². The predicted molar refractivity (Wildman–Crippen MR) is 46.2 cm³/mol. The van der Waals surface area contributed by atoms with Gasteiger partial charge in [0.1, 0.15) is 0 Å². The molecule has 10 heavy (non-hydrogen) atoms. The summed E-state index contributed by atoms with van der Waals surface area (Å²) in [5.74, 6) is 0. The number of thiophene rings is 1. The molecule has 2 aromatic rings. The first-order valence-electron chi connectivity index (χ1n) is 3.09. The third-order valence-corrected chi connectivity index (χ3v) is 2.38. The fourth-order valence-electron chi connectivity index (χ4n) is 1.01.